The Hall–Kier alpha value is -3.42. The molecule has 0 atom stereocenters. The van der Waals surface area contributed by atoms with Gasteiger partial charge in [-0.05, 0) is 31.2 Å². The summed E-state index contributed by atoms with van der Waals surface area (Å²) in [6, 6.07) is 7.36. The smallest absolute Gasteiger partial charge is 0.259 e. The van der Waals surface area contributed by atoms with E-state index >= 15 is 0 Å². The van der Waals surface area contributed by atoms with Gasteiger partial charge in [0, 0.05) is 11.8 Å². The van der Waals surface area contributed by atoms with Crippen molar-refractivity contribution in [2.24, 2.45) is 0 Å². The van der Waals surface area contributed by atoms with Crippen molar-refractivity contribution in [3.8, 4) is 34.3 Å². The highest BCUT2D eigenvalue weighted by Crippen LogP contribution is 2.35. The van der Waals surface area contributed by atoms with Crippen LogP contribution in [0.1, 0.15) is 5.69 Å². The zero-order valence-electron chi connectivity index (χ0n) is 12.5. The molecule has 0 fully saturated rings. The van der Waals surface area contributed by atoms with E-state index in [-0.39, 0.29) is 6.79 Å². The van der Waals surface area contributed by atoms with Gasteiger partial charge in [0.05, 0.1) is 16.6 Å². The fourth-order valence-electron chi connectivity index (χ4n) is 2.56. The van der Waals surface area contributed by atoms with Crippen LogP contribution in [-0.4, -0.2) is 27.1 Å². The van der Waals surface area contributed by atoms with Gasteiger partial charge in [-0.1, -0.05) is 10.3 Å². The second-order valence-corrected chi connectivity index (χ2v) is 5.34. The average molecular weight is 322 g/mol. The third-order valence-electron chi connectivity index (χ3n) is 3.81. The summed E-state index contributed by atoms with van der Waals surface area (Å²) in [7, 11) is 0. The van der Waals surface area contributed by atoms with E-state index in [4.69, 9.17) is 18.5 Å². The van der Waals surface area contributed by atoms with E-state index in [1.807, 2.05) is 31.2 Å². The highest BCUT2D eigenvalue weighted by atomic mass is 16.7. The lowest BCUT2D eigenvalue weighted by Gasteiger charge is -1.97. The number of ether oxygens (including phenoxy) is 2. The number of fused-ring (bicyclic) bond motifs is 2. The van der Waals surface area contributed by atoms with Crippen LogP contribution < -0.4 is 9.47 Å². The number of rotatable bonds is 2. The van der Waals surface area contributed by atoms with Crippen LogP contribution in [0.25, 0.3) is 33.9 Å². The Balaban J connectivity index is 1.55. The molecule has 1 aliphatic rings. The van der Waals surface area contributed by atoms with Crippen molar-refractivity contribution in [2.75, 3.05) is 6.79 Å². The van der Waals surface area contributed by atoms with Gasteiger partial charge in [0.2, 0.25) is 12.6 Å². The maximum atomic E-state index is 5.37. The highest BCUT2D eigenvalue weighted by Gasteiger charge is 2.18. The predicted molar refractivity (Wildman–Crippen MR) is 81.4 cm³/mol. The van der Waals surface area contributed by atoms with Crippen LogP contribution in [0.5, 0.6) is 11.5 Å². The molecule has 0 amide bonds. The number of hydrogen-bond acceptors (Lipinski definition) is 8. The normalized spacial score (nSPS) is 12.9. The minimum Gasteiger partial charge on any atom is -0.454 e. The lowest BCUT2D eigenvalue weighted by Crippen LogP contribution is -1.92. The van der Waals surface area contributed by atoms with Crippen molar-refractivity contribution in [2.45, 2.75) is 6.92 Å². The molecule has 0 aliphatic carbocycles. The van der Waals surface area contributed by atoms with Gasteiger partial charge >= 0.3 is 0 Å². The van der Waals surface area contributed by atoms with Crippen LogP contribution in [0.2, 0.25) is 0 Å². The minimum absolute atomic E-state index is 0.222. The Bertz CT molecular complexity index is 1070. The van der Waals surface area contributed by atoms with Gasteiger partial charge in [-0.15, -0.1) is 0 Å². The zero-order valence-corrected chi connectivity index (χ0v) is 12.5. The summed E-state index contributed by atoms with van der Waals surface area (Å²) in [5.41, 5.74) is 2.72. The third kappa shape index (κ3) is 1.93. The van der Waals surface area contributed by atoms with Crippen LogP contribution in [0.4, 0.5) is 0 Å². The highest BCUT2D eigenvalue weighted by molar-refractivity contribution is 5.80. The van der Waals surface area contributed by atoms with Crippen molar-refractivity contribution in [1.29, 1.82) is 0 Å². The van der Waals surface area contributed by atoms with Gasteiger partial charge in [0.15, 0.2) is 11.5 Å². The molecule has 8 nitrogen and oxygen atoms in total. The fraction of sp³-hybridized carbons (Fsp3) is 0.125. The van der Waals surface area contributed by atoms with Gasteiger partial charge < -0.3 is 18.5 Å². The predicted octanol–water partition coefficient (Wildman–Crippen LogP) is 2.98. The summed E-state index contributed by atoms with van der Waals surface area (Å²) >= 11 is 0. The first kappa shape index (κ1) is 13.1. The summed E-state index contributed by atoms with van der Waals surface area (Å²) in [6.07, 6.45) is 1.61. The Morgan fingerprint density at radius 3 is 2.83 bits per heavy atom. The summed E-state index contributed by atoms with van der Waals surface area (Å²) < 4.78 is 21.1. The first-order valence-electron chi connectivity index (χ1n) is 7.24. The minimum atomic E-state index is 0.222. The molecule has 1 aromatic carbocycles. The molecule has 4 heterocycles. The van der Waals surface area contributed by atoms with E-state index < -0.39 is 0 Å². The summed E-state index contributed by atoms with van der Waals surface area (Å²) in [5, 5.41) is 8.73. The van der Waals surface area contributed by atoms with Gasteiger partial charge in [-0.3, -0.25) is 0 Å². The molecule has 24 heavy (non-hydrogen) atoms. The molecule has 0 spiro atoms. The summed E-state index contributed by atoms with van der Waals surface area (Å²) in [4.78, 5) is 8.65. The number of benzene rings is 1. The molecule has 8 heteroatoms. The van der Waals surface area contributed by atoms with E-state index in [1.165, 1.54) is 0 Å². The quantitative estimate of drug-likeness (QED) is 0.555. The van der Waals surface area contributed by atoms with Crippen molar-refractivity contribution < 1.29 is 18.5 Å². The third-order valence-corrected chi connectivity index (χ3v) is 3.81. The first-order valence-corrected chi connectivity index (χ1v) is 7.24. The zero-order chi connectivity index (χ0) is 16.1. The maximum Gasteiger partial charge on any atom is 0.259 e. The second-order valence-electron chi connectivity index (χ2n) is 5.34. The largest absolute Gasteiger partial charge is 0.454 e. The van der Waals surface area contributed by atoms with Gasteiger partial charge in [-0.25, -0.2) is 4.98 Å². The molecular formula is C16H10N4O4. The van der Waals surface area contributed by atoms with Crippen molar-refractivity contribution >= 4 is 11.1 Å². The van der Waals surface area contributed by atoms with Crippen LogP contribution in [0.15, 0.2) is 39.5 Å². The first-order chi connectivity index (χ1) is 11.8. The fourth-order valence-corrected chi connectivity index (χ4v) is 2.56. The average Bonchev–Trinajstić information content (AvgIpc) is 3.33. The number of hydrogen-bond donors (Lipinski definition) is 0. The van der Waals surface area contributed by atoms with Crippen molar-refractivity contribution in [3.05, 3.63) is 36.2 Å². The van der Waals surface area contributed by atoms with Crippen molar-refractivity contribution in [3.63, 3.8) is 0 Å². The Morgan fingerprint density at radius 2 is 1.88 bits per heavy atom. The Kier molecular flexibility index (Phi) is 2.60. The molecule has 0 unspecified atom stereocenters. The number of nitrogens with zero attached hydrogens (tertiary/aromatic N) is 4. The SMILES string of the molecule is Cc1noc2ncc(-c3nc(-c4ccc5c(c4)OCO5)no3)cc12. The molecule has 3 aromatic heterocycles. The van der Waals surface area contributed by atoms with Crippen LogP contribution >= 0.6 is 0 Å². The molecule has 0 radical (unpaired) electrons. The topological polar surface area (TPSA) is 96.3 Å². The second kappa shape index (κ2) is 4.79. The number of aryl methyl sites for hydroxylation is 1. The van der Waals surface area contributed by atoms with Crippen LogP contribution in [0.3, 0.4) is 0 Å². The summed E-state index contributed by atoms with van der Waals surface area (Å²) in [6.45, 7) is 2.07. The molecule has 5 rings (SSSR count). The molecular weight excluding hydrogens is 312 g/mol. The van der Waals surface area contributed by atoms with E-state index in [2.05, 4.69) is 20.3 Å². The molecule has 1 aliphatic heterocycles. The molecule has 0 saturated heterocycles. The molecule has 0 saturated carbocycles. The van der Waals surface area contributed by atoms with Crippen LogP contribution in [-0.2, 0) is 0 Å². The lowest BCUT2D eigenvalue weighted by molar-refractivity contribution is 0.174. The molecule has 0 bridgehead atoms. The van der Waals surface area contributed by atoms with Gasteiger partial charge in [0.1, 0.15) is 0 Å². The van der Waals surface area contributed by atoms with E-state index in [9.17, 15) is 0 Å². The van der Waals surface area contributed by atoms with E-state index in [1.54, 1.807) is 6.20 Å². The molecule has 118 valence electrons. The Morgan fingerprint density at radius 1 is 0.958 bits per heavy atom. The van der Waals surface area contributed by atoms with E-state index in [0.717, 1.165) is 16.6 Å². The standard InChI is InChI=1S/C16H10N4O4/c1-8-11-4-10(6-17-16(11)24-19-8)15-18-14(20-23-15)9-2-3-12-13(5-9)22-7-21-12/h2-6H,7H2,1H3. The summed E-state index contributed by atoms with van der Waals surface area (Å²) in [5.74, 6) is 2.21. The monoisotopic (exact) mass is 322 g/mol. The lowest BCUT2D eigenvalue weighted by atomic mass is 10.2. The number of pyridine rings is 1. The van der Waals surface area contributed by atoms with Gasteiger partial charge in [-0.2, -0.15) is 4.98 Å². The molecule has 4 aromatic rings. The van der Waals surface area contributed by atoms with E-state index in [0.29, 0.717) is 34.5 Å². The van der Waals surface area contributed by atoms with Crippen LogP contribution in [0, 0.1) is 6.92 Å². The van der Waals surface area contributed by atoms with Crippen molar-refractivity contribution in [1.82, 2.24) is 20.3 Å². The van der Waals surface area contributed by atoms with Gasteiger partial charge in [0.25, 0.3) is 11.6 Å². The maximum absolute atomic E-state index is 5.37. The molecule has 0 N–H and O–H groups in total. The Labute approximate surface area is 135 Å². The number of aromatic nitrogens is 4.